The lowest BCUT2D eigenvalue weighted by Crippen LogP contribution is -2.38. The standard InChI is InChI=1S/C10H19NO2/c1-5-6-11-9(7-8(2)3)10(12)13-4/h5,8-9,11H,1,6-7H2,2-4H3. The summed E-state index contributed by atoms with van der Waals surface area (Å²) in [6.07, 6.45) is 2.52. The molecule has 3 nitrogen and oxygen atoms in total. The van der Waals surface area contributed by atoms with E-state index in [9.17, 15) is 4.79 Å². The van der Waals surface area contributed by atoms with Crippen molar-refractivity contribution in [1.29, 1.82) is 0 Å². The first-order valence-electron chi connectivity index (χ1n) is 4.54. The molecular weight excluding hydrogens is 166 g/mol. The van der Waals surface area contributed by atoms with Crippen LogP contribution in [0.15, 0.2) is 12.7 Å². The molecule has 0 fully saturated rings. The summed E-state index contributed by atoms with van der Waals surface area (Å²) in [7, 11) is 1.41. The van der Waals surface area contributed by atoms with Crippen molar-refractivity contribution in [3.63, 3.8) is 0 Å². The van der Waals surface area contributed by atoms with Crippen LogP contribution in [-0.2, 0) is 9.53 Å². The highest BCUT2D eigenvalue weighted by molar-refractivity contribution is 5.75. The Morgan fingerprint density at radius 2 is 2.23 bits per heavy atom. The molecule has 0 amide bonds. The third-order valence-electron chi connectivity index (χ3n) is 1.70. The molecule has 0 aliphatic heterocycles. The maximum absolute atomic E-state index is 11.2. The topological polar surface area (TPSA) is 38.3 Å². The maximum atomic E-state index is 11.2. The van der Waals surface area contributed by atoms with Gasteiger partial charge in [-0.1, -0.05) is 19.9 Å². The molecule has 1 unspecified atom stereocenters. The van der Waals surface area contributed by atoms with Crippen LogP contribution in [0.25, 0.3) is 0 Å². The normalized spacial score (nSPS) is 12.6. The van der Waals surface area contributed by atoms with Crippen molar-refractivity contribution in [3.05, 3.63) is 12.7 Å². The minimum atomic E-state index is -0.206. The second kappa shape index (κ2) is 6.66. The molecule has 0 aromatic rings. The second-order valence-corrected chi connectivity index (χ2v) is 3.40. The molecule has 0 aromatic heterocycles. The summed E-state index contributed by atoms with van der Waals surface area (Å²) in [4.78, 5) is 11.2. The summed E-state index contributed by atoms with van der Waals surface area (Å²) in [6, 6.07) is -0.206. The van der Waals surface area contributed by atoms with E-state index >= 15 is 0 Å². The summed E-state index contributed by atoms with van der Waals surface area (Å²) >= 11 is 0. The van der Waals surface area contributed by atoms with Gasteiger partial charge in [0.15, 0.2) is 0 Å². The molecule has 1 atom stereocenters. The number of rotatable bonds is 6. The lowest BCUT2D eigenvalue weighted by Gasteiger charge is -2.17. The largest absolute Gasteiger partial charge is 0.468 e. The van der Waals surface area contributed by atoms with E-state index in [1.807, 2.05) is 0 Å². The second-order valence-electron chi connectivity index (χ2n) is 3.40. The zero-order chi connectivity index (χ0) is 10.3. The van der Waals surface area contributed by atoms with Gasteiger partial charge in [-0.05, 0) is 12.3 Å². The Hall–Kier alpha value is -0.830. The van der Waals surface area contributed by atoms with Crippen LogP contribution in [0.2, 0.25) is 0 Å². The highest BCUT2D eigenvalue weighted by atomic mass is 16.5. The molecule has 0 aromatic carbocycles. The van der Waals surface area contributed by atoms with E-state index in [1.54, 1.807) is 6.08 Å². The number of nitrogens with one attached hydrogen (secondary N) is 1. The van der Waals surface area contributed by atoms with Gasteiger partial charge in [-0.25, -0.2) is 0 Å². The van der Waals surface area contributed by atoms with Crippen molar-refractivity contribution < 1.29 is 9.53 Å². The van der Waals surface area contributed by atoms with Gasteiger partial charge in [0, 0.05) is 6.54 Å². The fraction of sp³-hybridized carbons (Fsp3) is 0.700. The Balaban J connectivity index is 4.01. The summed E-state index contributed by atoms with van der Waals surface area (Å²) in [6.45, 7) is 8.36. The van der Waals surface area contributed by atoms with Crippen molar-refractivity contribution in [3.8, 4) is 0 Å². The molecule has 0 radical (unpaired) electrons. The molecule has 0 aliphatic rings. The summed E-state index contributed by atoms with van der Waals surface area (Å²) in [5, 5.41) is 3.06. The van der Waals surface area contributed by atoms with E-state index < -0.39 is 0 Å². The van der Waals surface area contributed by atoms with Crippen molar-refractivity contribution >= 4 is 5.97 Å². The van der Waals surface area contributed by atoms with Crippen LogP contribution in [0.5, 0.6) is 0 Å². The molecular formula is C10H19NO2. The predicted molar refractivity (Wildman–Crippen MR) is 53.5 cm³/mol. The van der Waals surface area contributed by atoms with Crippen molar-refractivity contribution in [2.24, 2.45) is 5.92 Å². The smallest absolute Gasteiger partial charge is 0.322 e. The van der Waals surface area contributed by atoms with Crippen molar-refractivity contribution in [2.75, 3.05) is 13.7 Å². The zero-order valence-corrected chi connectivity index (χ0v) is 8.67. The molecule has 1 N–H and O–H groups in total. The van der Waals surface area contributed by atoms with Crippen LogP contribution < -0.4 is 5.32 Å². The molecule has 0 heterocycles. The van der Waals surface area contributed by atoms with Crippen LogP contribution >= 0.6 is 0 Å². The molecule has 76 valence electrons. The van der Waals surface area contributed by atoms with Gasteiger partial charge in [-0.2, -0.15) is 0 Å². The van der Waals surface area contributed by atoms with Crippen LogP contribution in [0, 0.1) is 5.92 Å². The monoisotopic (exact) mass is 185 g/mol. The number of esters is 1. The van der Waals surface area contributed by atoms with Gasteiger partial charge < -0.3 is 10.1 Å². The van der Waals surface area contributed by atoms with Gasteiger partial charge >= 0.3 is 5.97 Å². The van der Waals surface area contributed by atoms with Gasteiger partial charge in [0.1, 0.15) is 6.04 Å². The molecule has 0 saturated carbocycles. The van der Waals surface area contributed by atoms with Crippen LogP contribution in [0.1, 0.15) is 20.3 Å². The SMILES string of the molecule is C=CCNC(CC(C)C)C(=O)OC. The van der Waals surface area contributed by atoms with E-state index in [0.717, 1.165) is 6.42 Å². The molecule has 0 spiro atoms. The molecule has 3 heteroatoms. The third kappa shape index (κ3) is 5.42. The van der Waals surface area contributed by atoms with E-state index in [0.29, 0.717) is 12.5 Å². The van der Waals surface area contributed by atoms with Crippen molar-refractivity contribution in [2.45, 2.75) is 26.3 Å². The Morgan fingerprint density at radius 1 is 1.62 bits per heavy atom. The van der Waals surface area contributed by atoms with E-state index in [-0.39, 0.29) is 12.0 Å². The Labute approximate surface area is 80.2 Å². The highest BCUT2D eigenvalue weighted by Crippen LogP contribution is 2.05. The highest BCUT2D eigenvalue weighted by Gasteiger charge is 2.18. The van der Waals surface area contributed by atoms with E-state index in [1.165, 1.54) is 7.11 Å². The Kier molecular flexibility index (Phi) is 6.24. The zero-order valence-electron chi connectivity index (χ0n) is 8.67. The summed E-state index contributed by atoms with van der Waals surface area (Å²) < 4.78 is 4.67. The number of methoxy groups -OCH3 is 1. The van der Waals surface area contributed by atoms with Gasteiger partial charge in [-0.3, -0.25) is 4.79 Å². The lowest BCUT2D eigenvalue weighted by molar-refractivity contribution is -0.143. The number of ether oxygens (including phenoxy) is 1. The van der Waals surface area contributed by atoms with Gasteiger partial charge in [0.25, 0.3) is 0 Å². The predicted octanol–water partition coefficient (Wildman–Crippen LogP) is 1.35. The van der Waals surface area contributed by atoms with Crippen LogP contribution in [0.3, 0.4) is 0 Å². The van der Waals surface area contributed by atoms with Gasteiger partial charge in [0.2, 0.25) is 0 Å². The van der Waals surface area contributed by atoms with E-state index in [4.69, 9.17) is 0 Å². The van der Waals surface area contributed by atoms with E-state index in [2.05, 4.69) is 30.5 Å². The third-order valence-corrected chi connectivity index (χ3v) is 1.70. The molecule has 0 saturated heterocycles. The number of carbonyl (C=O) groups excluding carboxylic acids is 1. The lowest BCUT2D eigenvalue weighted by atomic mass is 10.0. The van der Waals surface area contributed by atoms with Gasteiger partial charge in [0.05, 0.1) is 7.11 Å². The number of carbonyl (C=O) groups is 1. The van der Waals surface area contributed by atoms with Crippen LogP contribution in [0.4, 0.5) is 0 Å². The minimum Gasteiger partial charge on any atom is -0.468 e. The Morgan fingerprint density at radius 3 is 2.62 bits per heavy atom. The minimum absolute atomic E-state index is 0.199. The molecule has 0 bridgehead atoms. The average Bonchev–Trinajstić information content (AvgIpc) is 2.10. The quantitative estimate of drug-likeness (QED) is 0.501. The van der Waals surface area contributed by atoms with Crippen LogP contribution in [-0.4, -0.2) is 25.7 Å². The summed E-state index contributed by atoms with van der Waals surface area (Å²) in [5.74, 6) is 0.275. The number of hydrogen-bond acceptors (Lipinski definition) is 3. The first-order chi connectivity index (χ1) is 6.11. The molecule has 0 rings (SSSR count). The fourth-order valence-corrected chi connectivity index (χ4v) is 1.10. The Bertz CT molecular complexity index is 166. The number of hydrogen-bond donors (Lipinski definition) is 1. The summed E-state index contributed by atoms with van der Waals surface area (Å²) in [5.41, 5.74) is 0. The molecule has 13 heavy (non-hydrogen) atoms. The fourth-order valence-electron chi connectivity index (χ4n) is 1.10. The molecule has 0 aliphatic carbocycles. The average molecular weight is 185 g/mol. The first kappa shape index (κ1) is 12.2. The first-order valence-corrected chi connectivity index (χ1v) is 4.54. The van der Waals surface area contributed by atoms with Gasteiger partial charge in [-0.15, -0.1) is 6.58 Å². The maximum Gasteiger partial charge on any atom is 0.322 e. The van der Waals surface area contributed by atoms with Crippen molar-refractivity contribution in [1.82, 2.24) is 5.32 Å².